The van der Waals surface area contributed by atoms with Gasteiger partial charge in [0.15, 0.2) is 0 Å². The van der Waals surface area contributed by atoms with E-state index in [2.05, 4.69) is 10.3 Å². The first-order valence-corrected chi connectivity index (χ1v) is 11.1. The minimum Gasteiger partial charge on any atom is -0.444 e. The summed E-state index contributed by atoms with van der Waals surface area (Å²) in [5.74, 6) is 0.307. The topological polar surface area (TPSA) is 54.5 Å². The Morgan fingerprint density at radius 1 is 0.941 bits per heavy atom. The second kappa shape index (κ2) is 11.1. The van der Waals surface area contributed by atoms with Crippen LogP contribution in [-0.4, -0.2) is 11.1 Å². The van der Waals surface area contributed by atoms with Crippen molar-refractivity contribution in [3.05, 3.63) is 126 Å². The van der Waals surface area contributed by atoms with Crippen LogP contribution in [0.4, 0.5) is 20.7 Å². The Balaban J connectivity index is 1.55. The van der Waals surface area contributed by atoms with E-state index in [1.165, 1.54) is 17.0 Å². The molecule has 172 valence electrons. The summed E-state index contributed by atoms with van der Waals surface area (Å²) >= 11 is 0. The molecular weight excluding hydrogens is 429 g/mol. The molecule has 1 heterocycles. The Bertz CT molecular complexity index is 1200. The Morgan fingerprint density at radius 3 is 2.32 bits per heavy atom. The van der Waals surface area contributed by atoms with Crippen molar-refractivity contribution in [2.45, 2.75) is 26.1 Å². The Labute approximate surface area is 198 Å². The molecule has 1 atom stereocenters. The molecule has 0 saturated heterocycles. The second-order valence-electron chi connectivity index (χ2n) is 7.93. The largest absolute Gasteiger partial charge is 0.444 e. The zero-order valence-electron chi connectivity index (χ0n) is 18.9. The van der Waals surface area contributed by atoms with Crippen molar-refractivity contribution >= 4 is 17.6 Å². The van der Waals surface area contributed by atoms with Crippen LogP contribution in [0.15, 0.2) is 103 Å². The van der Waals surface area contributed by atoms with E-state index < -0.39 is 6.09 Å². The van der Waals surface area contributed by atoms with Crippen LogP contribution in [0.25, 0.3) is 0 Å². The molecule has 0 unspecified atom stereocenters. The monoisotopic (exact) mass is 455 g/mol. The van der Waals surface area contributed by atoms with Crippen LogP contribution < -0.4 is 10.2 Å². The van der Waals surface area contributed by atoms with Gasteiger partial charge in [0, 0.05) is 18.3 Å². The molecule has 1 aromatic heterocycles. The molecule has 0 aliphatic carbocycles. The SMILES string of the molecule is C[C@H](Nc1cc(N(Cc2ccc(F)cc2)C(=O)OCc2ccccc2)ccn1)c1ccccc1. The van der Waals surface area contributed by atoms with Crippen molar-refractivity contribution < 1.29 is 13.9 Å². The van der Waals surface area contributed by atoms with Crippen LogP contribution >= 0.6 is 0 Å². The van der Waals surface area contributed by atoms with Crippen molar-refractivity contribution in [3.63, 3.8) is 0 Å². The number of benzene rings is 3. The number of carbonyl (C=O) groups excluding carboxylic acids is 1. The number of anilines is 2. The van der Waals surface area contributed by atoms with Gasteiger partial charge in [-0.2, -0.15) is 0 Å². The molecule has 5 nitrogen and oxygen atoms in total. The molecule has 3 aromatic carbocycles. The summed E-state index contributed by atoms with van der Waals surface area (Å²) in [6.45, 7) is 2.43. The fourth-order valence-corrected chi connectivity index (χ4v) is 3.54. The highest BCUT2D eigenvalue weighted by Gasteiger charge is 2.19. The van der Waals surface area contributed by atoms with Gasteiger partial charge in [0.2, 0.25) is 0 Å². The first-order chi connectivity index (χ1) is 16.6. The van der Waals surface area contributed by atoms with Crippen LogP contribution in [0.2, 0.25) is 0 Å². The van der Waals surface area contributed by atoms with Gasteiger partial charge in [-0.1, -0.05) is 72.8 Å². The average molecular weight is 456 g/mol. The van der Waals surface area contributed by atoms with E-state index in [-0.39, 0.29) is 25.0 Å². The highest BCUT2D eigenvalue weighted by Crippen LogP contribution is 2.24. The molecule has 0 aliphatic heterocycles. The summed E-state index contributed by atoms with van der Waals surface area (Å²) in [7, 11) is 0. The van der Waals surface area contributed by atoms with Gasteiger partial charge in [0.05, 0.1) is 12.2 Å². The zero-order chi connectivity index (χ0) is 23.8. The first kappa shape index (κ1) is 23.0. The van der Waals surface area contributed by atoms with Crippen molar-refractivity contribution in [1.29, 1.82) is 0 Å². The lowest BCUT2D eigenvalue weighted by molar-refractivity contribution is 0.146. The average Bonchev–Trinajstić information content (AvgIpc) is 2.88. The van der Waals surface area contributed by atoms with Crippen molar-refractivity contribution in [2.24, 2.45) is 0 Å². The van der Waals surface area contributed by atoms with Crippen LogP contribution in [0, 0.1) is 5.82 Å². The Kier molecular flexibility index (Phi) is 7.50. The fraction of sp³-hybridized carbons (Fsp3) is 0.143. The number of hydrogen-bond donors (Lipinski definition) is 1. The number of rotatable bonds is 8. The van der Waals surface area contributed by atoms with Crippen molar-refractivity contribution in [2.75, 3.05) is 10.2 Å². The second-order valence-corrected chi connectivity index (χ2v) is 7.93. The molecule has 0 fully saturated rings. The highest BCUT2D eigenvalue weighted by atomic mass is 19.1. The minimum atomic E-state index is -0.499. The molecule has 4 rings (SSSR count). The van der Waals surface area contributed by atoms with E-state index in [1.807, 2.05) is 73.7 Å². The third-order valence-corrected chi connectivity index (χ3v) is 5.40. The van der Waals surface area contributed by atoms with Gasteiger partial charge in [-0.15, -0.1) is 0 Å². The molecular formula is C28H26FN3O2. The van der Waals surface area contributed by atoms with Gasteiger partial charge < -0.3 is 10.1 Å². The number of pyridine rings is 1. The molecule has 34 heavy (non-hydrogen) atoms. The maximum absolute atomic E-state index is 13.4. The molecule has 1 amide bonds. The number of carbonyl (C=O) groups is 1. The molecule has 0 radical (unpaired) electrons. The lowest BCUT2D eigenvalue weighted by atomic mass is 10.1. The van der Waals surface area contributed by atoms with Gasteiger partial charge in [-0.05, 0) is 41.8 Å². The lowest BCUT2D eigenvalue weighted by Crippen LogP contribution is -2.31. The maximum Gasteiger partial charge on any atom is 0.414 e. The summed E-state index contributed by atoms with van der Waals surface area (Å²) in [5.41, 5.74) is 3.42. The Hall–Kier alpha value is -4.19. The van der Waals surface area contributed by atoms with Gasteiger partial charge >= 0.3 is 6.09 Å². The highest BCUT2D eigenvalue weighted by molar-refractivity contribution is 5.88. The van der Waals surface area contributed by atoms with Gasteiger partial charge in [-0.25, -0.2) is 14.2 Å². The Morgan fingerprint density at radius 2 is 1.62 bits per heavy atom. The van der Waals surface area contributed by atoms with Crippen LogP contribution in [0.5, 0.6) is 0 Å². The fourth-order valence-electron chi connectivity index (χ4n) is 3.54. The van der Waals surface area contributed by atoms with E-state index in [0.717, 1.165) is 16.7 Å². The number of ether oxygens (including phenoxy) is 1. The third-order valence-electron chi connectivity index (χ3n) is 5.40. The standard InChI is InChI=1S/C28H26FN3O2/c1-21(24-10-6-3-7-11-24)31-27-18-26(16-17-30-27)32(19-22-12-14-25(29)15-13-22)28(33)34-20-23-8-4-2-5-9-23/h2-18,21H,19-20H2,1H3,(H,30,31)/t21-/m0/s1. The molecule has 0 bridgehead atoms. The van der Waals surface area contributed by atoms with Gasteiger partial charge in [-0.3, -0.25) is 4.90 Å². The summed E-state index contributed by atoms with van der Waals surface area (Å²) in [6, 6.07) is 29.2. The summed E-state index contributed by atoms with van der Waals surface area (Å²) in [6.07, 6.45) is 1.15. The minimum absolute atomic E-state index is 0.0273. The summed E-state index contributed by atoms with van der Waals surface area (Å²) in [5, 5.41) is 3.38. The van der Waals surface area contributed by atoms with E-state index in [1.54, 1.807) is 24.4 Å². The normalized spacial score (nSPS) is 11.5. The summed E-state index contributed by atoms with van der Waals surface area (Å²) in [4.78, 5) is 19.1. The quantitative estimate of drug-likeness (QED) is 0.320. The van der Waals surface area contributed by atoms with E-state index >= 15 is 0 Å². The van der Waals surface area contributed by atoms with Crippen LogP contribution in [0.3, 0.4) is 0 Å². The predicted octanol–water partition coefficient (Wildman–Crippen LogP) is 6.74. The molecule has 1 N–H and O–H groups in total. The number of nitrogens with one attached hydrogen (secondary N) is 1. The predicted molar refractivity (Wildman–Crippen MR) is 132 cm³/mol. The van der Waals surface area contributed by atoms with Crippen molar-refractivity contribution in [3.8, 4) is 0 Å². The number of nitrogens with zero attached hydrogens (tertiary/aromatic N) is 2. The number of amides is 1. The lowest BCUT2D eigenvalue weighted by Gasteiger charge is -2.23. The van der Waals surface area contributed by atoms with Gasteiger partial charge in [0.1, 0.15) is 18.2 Å². The van der Waals surface area contributed by atoms with Crippen molar-refractivity contribution in [1.82, 2.24) is 4.98 Å². The smallest absolute Gasteiger partial charge is 0.414 e. The maximum atomic E-state index is 13.4. The number of hydrogen-bond acceptors (Lipinski definition) is 4. The number of aromatic nitrogens is 1. The van der Waals surface area contributed by atoms with E-state index in [0.29, 0.717) is 11.5 Å². The molecule has 0 aliphatic rings. The van der Waals surface area contributed by atoms with Gasteiger partial charge in [0.25, 0.3) is 0 Å². The van der Waals surface area contributed by atoms with E-state index in [9.17, 15) is 9.18 Å². The van der Waals surface area contributed by atoms with E-state index in [4.69, 9.17) is 4.74 Å². The molecule has 4 aromatic rings. The van der Waals surface area contributed by atoms with Crippen LogP contribution in [0.1, 0.15) is 29.7 Å². The number of halogens is 1. The summed E-state index contributed by atoms with van der Waals surface area (Å²) < 4.78 is 19.0. The molecule has 6 heteroatoms. The molecule has 0 spiro atoms. The third kappa shape index (κ3) is 6.19. The zero-order valence-corrected chi connectivity index (χ0v) is 18.9. The first-order valence-electron chi connectivity index (χ1n) is 11.1. The molecule has 0 saturated carbocycles. The van der Waals surface area contributed by atoms with Crippen LogP contribution in [-0.2, 0) is 17.9 Å².